The van der Waals surface area contributed by atoms with Gasteiger partial charge in [0.1, 0.15) is 0 Å². The molecule has 0 radical (unpaired) electrons. The lowest BCUT2D eigenvalue weighted by molar-refractivity contribution is 0.0526. The predicted molar refractivity (Wildman–Crippen MR) is 86.4 cm³/mol. The van der Waals surface area contributed by atoms with Gasteiger partial charge in [0.25, 0.3) is 0 Å². The Kier molecular flexibility index (Phi) is 5.33. The Bertz CT molecular complexity index is 645. The number of benzene rings is 1. The summed E-state index contributed by atoms with van der Waals surface area (Å²) >= 11 is 0. The second-order valence-electron chi connectivity index (χ2n) is 5.11. The molecule has 2 rings (SSSR count). The summed E-state index contributed by atoms with van der Waals surface area (Å²) in [6.45, 7) is 10.1. The molecule has 1 aromatic heterocycles. The van der Waals surface area contributed by atoms with E-state index in [4.69, 9.17) is 4.74 Å². The summed E-state index contributed by atoms with van der Waals surface area (Å²) in [4.78, 5) is 11.7. The molecule has 5 nitrogen and oxygen atoms in total. The number of aryl methyl sites for hydroxylation is 1. The van der Waals surface area contributed by atoms with E-state index < -0.39 is 0 Å². The Hall–Kier alpha value is -2.14. The molecular formula is C17H23N3O2. The molecule has 0 amide bonds. The van der Waals surface area contributed by atoms with Crippen LogP contribution in [-0.2, 0) is 11.3 Å². The molecule has 0 aliphatic rings. The van der Waals surface area contributed by atoms with Crippen LogP contribution in [0.5, 0.6) is 0 Å². The zero-order valence-electron chi connectivity index (χ0n) is 13.6. The van der Waals surface area contributed by atoms with E-state index in [0.29, 0.717) is 12.2 Å². The third-order valence-electron chi connectivity index (χ3n) is 3.62. The number of carbonyl (C=O) groups is 1. The van der Waals surface area contributed by atoms with E-state index in [0.717, 1.165) is 30.2 Å². The zero-order chi connectivity index (χ0) is 16.1. The molecule has 22 heavy (non-hydrogen) atoms. The minimum Gasteiger partial charge on any atom is -0.462 e. The van der Waals surface area contributed by atoms with Crippen LogP contribution in [0.15, 0.2) is 24.3 Å². The lowest BCUT2D eigenvalue weighted by atomic mass is 10.2. The zero-order valence-corrected chi connectivity index (χ0v) is 13.6. The van der Waals surface area contributed by atoms with Crippen LogP contribution >= 0.6 is 0 Å². The highest BCUT2D eigenvalue weighted by Gasteiger charge is 2.13. The Morgan fingerprint density at radius 1 is 1.23 bits per heavy atom. The number of aromatic nitrogens is 2. The summed E-state index contributed by atoms with van der Waals surface area (Å²) in [6, 6.07) is 7.33. The van der Waals surface area contributed by atoms with Gasteiger partial charge in [0.15, 0.2) is 0 Å². The molecule has 2 aromatic rings. The predicted octanol–water partition coefficient (Wildman–Crippen LogP) is 2.78. The van der Waals surface area contributed by atoms with Gasteiger partial charge in [0, 0.05) is 17.8 Å². The Morgan fingerprint density at radius 3 is 2.50 bits per heavy atom. The van der Waals surface area contributed by atoms with E-state index in [2.05, 4.69) is 24.3 Å². The van der Waals surface area contributed by atoms with Crippen molar-refractivity contribution in [3.63, 3.8) is 0 Å². The van der Waals surface area contributed by atoms with Gasteiger partial charge < -0.3 is 10.1 Å². The van der Waals surface area contributed by atoms with Crippen molar-refractivity contribution in [1.82, 2.24) is 15.1 Å². The molecule has 0 aliphatic carbocycles. The highest BCUT2D eigenvalue weighted by atomic mass is 16.5. The highest BCUT2D eigenvalue weighted by Crippen LogP contribution is 2.18. The second kappa shape index (κ2) is 7.22. The molecule has 0 aliphatic heterocycles. The number of hydrogen-bond acceptors (Lipinski definition) is 4. The maximum Gasteiger partial charge on any atom is 0.338 e. The summed E-state index contributed by atoms with van der Waals surface area (Å²) in [5.74, 6) is -0.296. The van der Waals surface area contributed by atoms with Crippen molar-refractivity contribution < 1.29 is 9.53 Å². The van der Waals surface area contributed by atoms with Crippen LogP contribution in [0.1, 0.15) is 41.2 Å². The van der Waals surface area contributed by atoms with E-state index in [9.17, 15) is 4.79 Å². The van der Waals surface area contributed by atoms with Crippen molar-refractivity contribution in [2.75, 3.05) is 13.2 Å². The molecule has 5 heteroatoms. The minimum absolute atomic E-state index is 0.296. The minimum atomic E-state index is -0.296. The standard InChI is InChI=1S/C17H23N3O2/c1-5-18-11-16-12(3)19-20(13(16)4)15-9-7-14(8-10-15)17(21)22-6-2/h7-10,18H,5-6,11H2,1-4H3. The van der Waals surface area contributed by atoms with Crippen LogP contribution in [0.25, 0.3) is 5.69 Å². The van der Waals surface area contributed by atoms with Gasteiger partial charge in [-0.25, -0.2) is 9.48 Å². The van der Waals surface area contributed by atoms with Crippen LogP contribution < -0.4 is 5.32 Å². The molecule has 1 N–H and O–H groups in total. The van der Waals surface area contributed by atoms with E-state index in [1.54, 1.807) is 19.1 Å². The van der Waals surface area contributed by atoms with Crippen molar-refractivity contribution in [1.29, 1.82) is 0 Å². The van der Waals surface area contributed by atoms with Gasteiger partial charge in [-0.2, -0.15) is 5.10 Å². The summed E-state index contributed by atoms with van der Waals surface area (Å²) in [5.41, 5.74) is 4.85. The Labute approximate surface area is 131 Å². The fraction of sp³-hybridized carbons (Fsp3) is 0.412. The Balaban J connectivity index is 2.27. The quantitative estimate of drug-likeness (QED) is 0.834. The summed E-state index contributed by atoms with van der Waals surface area (Å²) in [6.07, 6.45) is 0. The lowest BCUT2D eigenvalue weighted by Crippen LogP contribution is -2.13. The van der Waals surface area contributed by atoms with Crippen molar-refractivity contribution in [2.24, 2.45) is 0 Å². The van der Waals surface area contributed by atoms with Gasteiger partial charge in [0.2, 0.25) is 0 Å². The molecule has 1 aromatic carbocycles. The molecule has 0 bridgehead atoms. The first-order valence-corrected chi connectivity index (χ1v) is 7.61. The number of rotatable bonds is 6. The van der Waals surface area contributed by atoms with Crippen molar-refractivity contribution in [3.8, 4) is 5.69 Å². The first-order chi connectivity index (χ1) is 10.6. The largest absolute Gasteiger partial charge is 0.462 e. The van der Waals surface area contributed by atoms with Gasteiger partial charge in [-0.15, -0.1) is 0 Å². The molecule has 0 unspecified atom stereocenters. The van der Waals surface area contributed by atoms with Gasteiger partial charge in [-0.05, 0) is 51.6 Å². The van der Waals surface area contributed by atoms with E-state index >= 15 is 0 Å². The third-order valence-corrected chi connectivity index (χ3v) is 3.62. The van der Waals surface area contributed by atoms with Gasteiger partial charge in [0.05, 0.1) is 23.6 Å². The second-order valence-corrected chi connectivity index (χ2v) is 5.11. The number of carbonyl (C=O) groups excluding carboxylic acids is 1. The molecule has 118 valence electrons. The number of hydrogen-bond donors (Lipinski definition) is 1. The fourth-order valence-corrected chi connectivity index (χ4v) is 2.39. The molecule has 0 spiro atoms. The smallest absolute Gasteiger partial charge is 0.338 e. The summed E-state index contributed by atoms with van der Waals surface area (Å²) < 4.78 is 6.91. The molecule has 0 saturated carbocycles. The van der Waals surface area contributed by atoms with Crippen LogP contribution in [0.3, 0.4) is 0 Å². The Morgan fingerprint density at radius 2 is 1.91 bits per heavy atom. The molecule has 0 saturated heterocycles. The average molecular weight is 301 g/mol. The van der Waals surface area contributed by atoms with Crippen molar-refractivity contribution in [3.05, 3.63) is 46.8 Å². The van der Waals surface area contributed by atoms with Gasteiger partial charge in [-0.1, -0.05) is 6.92 Å². The van der Waals surface area contributed by atoms with Crippen molar-refractivity contribution in [2.45, 2.75) is 34.2 Å². The topological polar surface area (TPSA) is 56.2 Å². The fourth-order valence-electron chi connectivity index (χ4n) is 2.39. The first-order valence-electron chi connectivity index (χ1n) is 7.61. The van der Waals surface area contributed by atoms with Crippen LogP contribution in [0.4, 0.5) is 0 Å². The van der Waals surface area contributed by atoms with E-state index in [1.165, 1.54) is 5.56 Å². The van der Waals surface area contributed by atoms with Crippen LogP contribution in [0.2, 0.25) is 0 Å². The van der Waals surface area contributed by atoms with Gasteiger partial charge >= 0.3 is 5.97 Å². The highest BCUT2D eigenvalue weighted by molar-refractivity contribution is 5.89. The van der Waals surface area contributed by atoms with Crippen molar-refractivity contribution >= 4 is 5.97 Å². The summed E-state index contributed by atoms with van der Waals surface area (Å²) in [7, 11) is 0. The normalized spacial score (nSPS) is 10.7. The SMILES string of the molecule is CCNCc1c(C)nn(-c2ccc(C(=O)OCC)cc2)c1C. The summed E-state index contributed by atoms with van der Waals surface area (Å²) in [5, 5.41) is 7.94. The molecule has 0 atom stereocenters. The first kappa shape index (κ1) is 16.2. The number of nitrogens with one attached hydrogen (secondary N) is 1. The van der Waals surface area contributed by atoms with E-state index in [1.807, 2.05) is 23.7 Å². The molecule has 1 heterocycles. The van der Waals surface area contributed by atoms with Crippen LogP contribution in [0, 0.1) is 13.8 Å². The monoisotopic (exact) mass is 301 g/mol. The lowest BCUT2D eigenvalue weighted by Gasteiger charge is -2.07. The number of esters is 1. The number of nitrogens with zero attached hydrogens (tertiary/aromatic N) is 2. The van der Waals surface area contributed by atoms with Crippen LogP contribution in [-0.4, -0.2) is 28.9 Å². The maximum atomic E-state index is 11.7. The average Bonchev–Trinajstić information content (AvgIpc) is 2.80. The maximum absolute atomic E-state index is 11.7. The van der Waals surface area contributed by atoms with E-state index in [-0.39, 0.29) is 5.97 Å². The third kappa shape index (κ3) is 3.36. The molecular weight excluding hydrogens is 278 g/mol. The molecule has 0 fully saturated rings. The number of ether oxygens (including phenoxy) is 1. The van der Waals surface area contributed by atoms with Gasteiger partial charge in [-0.3, -0.25) is 0 Å².